The Labute approximate surface area is 114 Å². The summed E-state index contributed by atoms with van der Waals surface area (Å²) in [6.07, 6.45) is 0. The summed E-state index contributed by atoms with van der Waals surface area (Å²) >= 11 is 0. The van der Waals surface area contributed by atoms with E-state index in [2.05, 4.69) is 5.32 Å². The Morgan fingerprint density at radius 2 is 2.11 bits per heavy atom. The van der Waals surface area contributed by atoms with E-state index < -0.39 is 5.54 Å². The number of hydrogen-bond donors (Lipinski definition) is 1. The molecule has 1 unspecified atom stereocenters. The van der Waals surface area contributed by atoms with Gasteiger partial charge in [0.2, 0.25) is 0 Å². The summed E-state index contributed by atoms with van der Waals surface area (Å²) in [5.41, 5.74) is 0.219. The van der Waals surface area contributed by atoms with E-state index in [0.717, 1.165) is 11.4 Å². The van der Waals surface area contributed by atoms with Crippen molar-refractivity contribution in [3.63, 3.8) is 0 Å². The van der Waals surface area contributed by atoms with Crippen molar-refractivity contribution in [3.05, 3.63) is 24.3 Å². The number of rotatable bonds is 6. The van der Waals surface area contributed by atoms with E-state index in [1.54, 1.807) is 14.2 Å². The van der Waals surface area contributed by atoms with Gasteiger partial charge in [-0.1, -0.05) is 6.07 Å². The first kappa shape index (κ1) is 15.3. The van der Waals surface area contributed by atoms with Crippen LogP contribution in [0.15, 0.2) is 24.3 Å². The van der Waals surface area contributed by atoms with E-state index >= 15 is 0 Å². The largest absolute Gasteiger partial charge is 0.497 e. The Morgan fingerprint density at radius 3 is 2.63 bits per heavy atom. The summed E-state index contributed by atoms with van der Waals surface area (Å²) in [4.78, 5) is 13.8. The van der Waals surface area contributed by atoms with Crippen molar-refractivity contribution in [1.29, 1.82) is 0 Å². The molecule has 0 spiro atoms. The van der Waals surface area contributed by atoms with Crippen molar-refractivity contribution in [3.8, 4) is 5.75 Å². The van der Waals surface area contributed by atoms with Crippen molar-refractivity contribution in [1.82, 2.24) is 5.32 Å². The Balaban J connectivity index is 2.87. The maximum Gasteiger partial charge on any atom is 0.327 e. The van der Waals surface area contributed by atoms with Crippen LogP contribution < -0.4 is 15.0 Å². The maximum absolute atomic E-state index is 11.8. The maximum atomic E-state index is 11.8. The summed E-state index contributed by atoms with van der Waals surface area (Å²) in [7, 11) is 6.69. The second kappa shape index (κ2) is 6.43. The van der Waals surface area contributed by atoms with Crippen LogP contribution in [-0.2, 0) is 9.53 Å². The number of esters is 1. The molecule has 5 nitrogen and oxygen atoms in total. The first-order valence-electron chi connectivity index (χ1n) is 6.09. The summed E-state index contributed by atoms with van der Waals surface area (Å²) in [6.45, 7) is 2.30. The fourth-order valence-corrected chi connectivity index (χ4v) is 1.88. The average molecular weight is 266 g/mol. The molecule has 1 aromatic rings. The number of ether oxygens (including phenoxy) is 2. The number of nitrogens with one attached hydrogen (secondary N) is 1. The van der Waals surface area contributed by atoms with Gasteiger partial charge in [-0.2, -0.15) is 0 Å². The van der Waals surface area contributed by atoms with E-state index in [0.29, 0.717) is 6.54 Å². The number of hydrogen-bond acceptors (Lipinski definition) is 5. The van der Waals surface area contributed by atoms with Gasteiger partial charge in [0.1, 0.15) is 11.3 Å². The van der Waals surface area contributed by atoms with Crippen LogP contribution in [0.2, 0.25) is 0 Å². The molecule has 1 aromatic carbocycles. The normalized spacial score (nSPS) is 13.5. The van der Waals surface area contributed by atoms with Crippen LogP contribution in [0.3, 0.4) is 0 Å². The van der Waals surface area contributed by atoms with Crippen molar-refractivity contribution in [2.24, 2.45) is 0 Å². The van der Waals surface area contributed by atoms with E-state index in [-0.39, 0.29) is 5.97 Å². The smallest absolute Gasteiger partial charge is 0.327 e. The number of nitrogens with zero attached hydrogens (tertiary/aromatic N) is 1. The number of likely N-dealkylation sites (N-methyl/N-ethyl adjacent to an activating group) is 2. The fraction of sp³-hybridized carbons (Fsp3) is 0.500. The molecule has 0 aliphatic rings. The van der Waals surface area contributed by atoms with Gasteiger partial charge in [-0.25, -0.2) is 4.79 Å². The quantitative estimate of drug-likeness (QED) is 0.786. The third kappa shape index (κ3) is 3.61. The Bertz CT molecular complexity index is 436. The van der Waals surface area contributed by atoms with Gasteiger partial charge in [0.05, 0.1) is 14.2 Å². The minimum Gasteiger partial charge on any atom is -0.497 e. The molecular formula is C14H22N2O3. The minimum atomic E-state index is -0.757. The van der Waals surface area contributed by atoms with E-state index in [1.807, 2.05) is 43.1 Å². The van der Waals surface area contributed by atoms with Gasteiger partial charge in [0, 0.05) is 25.3 Å². The van der Waals surface area contributed by atoms with Gasteiger partial charge in [-0.3, -0.25) is 0 Å². The summed E-state index contributed by atoms with van der Waals surface area (Å²) in [5, 5.41) is 3.01. The van der Waals surface area contributed by atoms with Crippen molar-refractivity contribution in [2.45, 2.75) is 12.5 Å². The average Bonchev–Trinajstić information content (AvgIpc) is 2.46. The summed E-state index contributed by atoms with van der Waals surface area (Å²) in [6, 6.07) is 7.69. The van der Waals surface area contributed by atoms with Crippen LogP contribution in [0.1, 0.15) is 6.92 Å². The highest BCUT2D eigenvalue weighted by molar-refractivity contribution is 5.81. The molecule has 0 fully saturated rings. The van der Waals surface area contributed by atoms with E-state index in [9.17, 15) is 4.79 Å². The van der Waals surface area contributed by atoms with Crippen LogP contribution in [0, 0.1) is 0 Å². The second-order valence-corrected chi connectivity index (χ2v) is 4.63. The molecule has 0 aliphatic carbocycles. The summed E-state index contributed by atoms with van der Waals surface area (Å²) < 4.78 is 10.0. The molecule has 0 bridgehead atoms. The zero-order chi connectivity index (χ0) is 14.5. The van der Waals surface area contributed by atoms with Gasteiger partial charge in [-0.05, 0) is 26.1 Å². The molecule has 0 amide bonds. The Kier molecular flexibility index (Phi) is 5.18. The molecule has 0 radical (unpaired) electrons. The SMILES string of the molecule is CNC(C)(CN(C)c1cccc(OC)c1)C(=O)OC. The number of carbonyl (C=O) groups excluding carboxylic acids is 1. The first-order valence-corrected chi connectivity index (χ1v) is 6.09. The highest BCUT2D eigenvalue weighted by atomic mass is 16.5. The minimum absolute atomic E-state index is 0.287. The molecule has 0 saturated carbocycles. The standard InChI is InChI=1S/C14H22N2O3/c1-14(15-2,13(17)19-5)10-16(3)11-7-6-8-12(9-11)18-4/h6-9,15H,10H2,1-5H3. The third-order valence-electron chi connectivity index (χ3n) is 3.24. The lowest BCUT2D eigenvalue weighted by Crippen LogP contribution is -2.55. The Morgan fingerprint density at radius 1 is 1.42 bits per heavy atom. The monoisotopic (exact) mass is 266 g/mol. The van der Waals surface area contributed by atoms with Crippen LogP contribution in [0.4, 0.5) is 5.69 Å². The van der Waals surface area contributed by atoms with Gasteiger partial charge >= 0.3 is 5.97 Å². The molecule has 106 valence electrons. The molecule has 0 heterocycles. The topological polar surface area (TPSA) is 50.8 Å². The number of carbonyl (C=O) groups is 1. The zero-order valence-corrected chi connectivity index (χ0v) is 12.2. The fourth-order valence-electron chi connectivity index (χ4n) is 1.88. The highest BCUT2D eigenvalue weighted by Gasteiger charge is 2.34. The highest BCUT2D eigenvalue weighted by Crippen LogP contribution is 2.21. The molecular weight excluding hydrogens is 244 g/mol. The van der Waals surface area contributed by atoms with E-state index in [1.165, 1.54) is 7.11 Å². The zero-order valence-electron chi connectivity index (χ0n) is 12.2. The van der Waals surface area contributed by atoms with Gasteiger partial charge < -0.3 is 19.7 Å². The predicted molar refractivity (Wildman–Crippen MR) is 75.7 cm³/mol. The first-order chi connectivity index (χ1) is 8.96. The Hall–Kier alpha value is -1.75. The summed E-state index contributed by atoms with van der Waals surface area (Å²) in [5.74, 6) is 0.498. The van der Waals surface area contributed by atoms with Crippen molar-refractivity contribution in [2.75, 3.05) is 39.8 Å². The van der Waals surface area contributed by atoms with Crippen molar-refractivity contribution < 1.29 is 14.3 Å². The van der Waals surface area contributed by atoms with Gasteiger partial charge in [-0.15, -0.1) is 0 Å². The lowest BCUT2D eigenvalue weighted by Gasteiger charge is -2.32. The molecule has 0 saturated heterocycles. The molecule has 5 heteroatoms. The number of methoxy groups -OCH3 is 2. The van der Waals surface area contributed by atoms with Crippen LogP contribution in [-0.4, -0.2) is 46.4 Å². The third-order valence-corrected chi connectivity index (χ3v) is 3.24. The van der Waals surface area contributed by atoms with Crippen LogP contribution >= 0.6 is 0 Å². The number of anilines is 1. The molecule has 19 heavy (non-hydrogen) atoms. The van der Waals surface area contributed by atoms with Gasteiger partial charge in [0.25, 0.3) is 0 Å². The van der Waals surface area contributed by atoms with Crippen LogP contribution in [0.5, 0.6) is 5.75 Å². The molecule has 1 atom stereocenters. The number of benzene rings is 1. The molecule has 0 aliphatic heterocycles. The van der Waals surface area contributed by atoms with Gasteiger partial charge in [0.15, 0.2) is 0 Å². The predicted octanol–water partition coefficient (Wildman–Crippen LogP) is 1.28. The van der Waals surface area contributed by atoms with Crippen LogP contribution in [0.25, 0.3) is 0 Å². The van der Waals surface area contributed by atoms with E-state index in [4.69, 9.17) is 9.47 Å². The lowest BCUT2D eigenvalue weighted by atomic mass is 10.0. The van der Waals surface area contributed by atoms with Crippen molar-refractivity contribution >= 4 is 11.7 Å². The lowest BCUT2D eigenvalue weighted by molar-refractivity contribution is -0.147. The molecule has 1 rings (SSSR count). The second-order valence-electron chi connectivity index (χ2n) is 4.63. The molecule has 0 aromatic heterocycles. The molecule has 1 N–H and O–H groups in total.